The van der Waals surface area contributed by atoms with Crippen molar-refractivity contribution in [3.05, 3.63) is 72.0 Å². The number of halogens is 1. The molecule has 8 heteroatoms. The predicted octanol–water partition coefficient (Wildman–Crippen LogP) is 3.72. The number of hydrogen-bond donors (Lipinski definition) is 2. The van der Waals surface area contributed by atoms with Crippen LogP contribution in [0.1, 0.15) is 12.5 Å². The van der Waals surface area contributed by atoms with Gasteiger partial charge in [0.1, 0.15) is 5.82 Å². The average Bonchev–Trinajstić information content (AvgIpc) is 2.64. The topological polar surface area (TPSA) is 84.0 Å². The third-order valence-electron chi connectivity index (χ3n) is 3.66. The van der Waals surface area contributed by atoms with Gasteiger partial charge < -0.3 is 5.32 Å². The Balaban J connectivity index is 1.69. The average molecular weight is 372 g/mol. The Morgan fingerprint density at radius 2 is 1.50 bits per heavy atom. The first-order valence-electron chi connectivity index (χ1n) is 7.94. The van der Waals surface area contributed by atoms with Crippen LogP contribution >= 0.6 is 0 Å². The van der Waals surface area contributed by atoms with Crippen molar-refractivity contribution in [1.82, 2.24) is 10.2 Å². The zero-order chi connectivity index (χ0) is 18.6. The quantitative estimate of drug-likeness (QED) is 0.689. The van der Waals surface area contributed by atoms with Gasteiger partial charge in [0.15, 0.2) is 11.6 Å². The minimum Gasteiger partial charge on any atom is -0.339 e. The molecule has 0 saturated carbocycles. The van der Waals surface area contributed by atoms with E-state index in [0.717, 1.165) is 24.2 Å². The zero-order valence-electron chi connectivity index (χ0n) is 14.0. The maximum Gasteiger partial charge on any atom is 0.263 e. The molecule has 0 spiro atoms. The Labute approximate surface area is 151 Å². The van der Waals surface area contributed by atoms with Crippen LogP contribution in [0.2, 0.25) is 0 Å². The molecule has 6 nitrogen and oxygen atoms in total. The second kappa shape index (κ2) is 7.49. The number of benzene rings is 2. The molecule has 3 aromatic rings. The van der Waals surface area contributed by atoms with Crippen LogP contribution in [0, 0.1) is 5.82 Å². The van der Waals surface area contributed by atoms with Crippen LogP contribution in [0.25, 0.3) is 0 Å². The van der Waals surface area contributed by atoms with Crippen LogP contribution in [0.5, 0.6) is 0 Å². The van der Waals surface area contributed by atoms with Gasteiger partial charge in [-0.3, -0.25) is 4.72 Å². The lowest BCUT2D eigenvalue weighted by Crippen LogP contribution is -2.14. The van der Waals surface area contributed by atoms with Crippen LogP contribution in [0.4, 0.5) is 21.7 Å². The Kier molecular flexibility index (Phi) is 5.13. The van der Waals surface area contributed by atoms with Gasteiger partial charge in [0.25, 0.3) is 10.0 Å². The number of nitrogens with zero attached hydrogens (tertiary/aromatic N) is 2. The molecule has 0 atom stereocenters. The number of hydrogen-bond acceptors (Lipinski definition) is 5. The van der Waals surface area contributed by atoms with E-state index >= 15 is 0 Å². The monoisotopic (exact) mass is 372 g/mol. The molecule has 0 amide bonds. The largest absolute Gasteiger partial charge is 0.339 e. The lowest BCUT2D eigenvalue weighted by atomic mass is 10.1. The van der Waals surface area contributed by atoms with Crippen molar-refractivity contribution in [2.75, 3.05) is 10.0 Å². The van der Waals surface area contributed by atoms with Crippen molar-refractivity contribution in [3.63, 3.8) is 0 Å². The van der Waals surface area contributed by atoms with Crippen LogP contribution in [0.3, 0.4) is 0 Å². The van der Waals surface area contributed by atoms with Gasteiger partial charge in [-0.25, -0.2) is 12.8 Å². The normalized spacial score (nSPS) is 11.2. The van der Waals surface area contributed by atoms with E-state index in [-0.39, 0.29) is 10.7 Å². The smallest absolute Gasteiger partial charge is 0.263 e. The molecule has 3 rings (SSSR count). The van der Waals surface area contributed by atoms with Crippen molar-refractivity contribution in [1.29, 1.82) is 0 Å². The van der Waals surface area contributed by atoms with E-state index in [4.69, 9.17) is 0 Å². The molecule has 1 aromatic heterocycles. The fourth-order valence-electron chi connectivity index (χ4n) is 2.24. The summed E-state index contributed by atoms with van der Waals surface area (Å²) in [6.45, 7) is 2.08. The van der Waals surface area contributed by atoms with Gasteiger partial charge in [0.05, 0.1) is 4.90 Å². The van der Waals surface area contributed by atoms with Crippen LogP contribution in [-0.2, 0) is 16.4 Å². The van der Waals surface area contributed by atoms with Crippen LogP contribution < -0.4 is 10.0 Å². The van der Waals surface area contributed by atoms with E-state index in [9.17, 15) is 12.8 Å². The molecular formula is C18H17FN4O2S. The summed E-state index contributed by atoms with van der Waals surface area (Å²) in [5, 5.41) is 10.9. The third kappa shape index (κ3) is 4.34. The summed E-state index contributed by atoms with van der Waals surface area (Å²) in [5.41, 5.74) is 2.09. The van der Waals surface area contributed by atoms with Gasteiger partial charge in [-0.2, -0.15) is 0 Å². The number of rotatable bonds is 6. The summed E-state index contributed by atoms with van der Waals surface area (Å²) in [6.07, 6.45) is 0.961. The molecule has 0 radical (unpaired) electrons. The first-order chi connectivity index (χ1) is 12.5. The fraction of sp³-hybridized carbons (Fsp3) is 0.111. The summed E-state index contributed by atoms with van der Waals surface area (Å²) < 4.78 is 39.7. The van der Waals surface area contributed by atoms with E-state index in [1.165, 1.54) is 23.8 Å². The van der Waals surface area contributed by atoms with Gasteiger partial charge in [-0.1, -0.05) is 19.1 Å². The molecule has 134 valence electrons. The Hall–Kier alpha value is -3.00. The summed E-state index contributed by atoms with van der Waals surface area (Å²) in [6, 6.07) is 15.5. The lowest BCUT2D eigenvalue weighted by Gasteiger charge is -2.08. The predicted molar refractivity (Wildman–Crippen MR) is 98.3 cm³/mol. The molecule has 0 aliphatic carbocycles. The van der Waals surface area contributed by atoms with Gasteiger partial charge in [-0.15, -0.1) is 10.2 Å². The van der Waals surface area contributed by atoms with Crippen LogP contribution in [-0.4, -0.2) is 18.6 Å². The molecule has 0 aliphatic rings. The molecule has 26 heavy (non-hydrogen) atoms. The van der Waals surface area contributed by atoms with Crippen molar-refractivity contribution in [2.45, 2.75) is 18.2 Å². The lowest BCUT2D eigenvalue weighted by molar-refractivity contribution is 0.599. The second-order valence-corrected chi connectivity index (χ2v) is 7.22. The summed E-state index contributed by atoms with van der Waals surface area (Å²) in [4.78, 5) is -0.0566. The van der Waals surface area contributed by atoms with Crippen molar-refractivity contribution >= 4 is 27.3 Å². The minimum absolute atomic E-state index is 0.0566. The summed E-state index contributed by atoms with van der Waals surface area (Å²) in [7, 11) is -3.85. The van der Waals surface area contributed by atoms with Gasteiger partial charge >= 0.3 is 0 Å². The first-order valence-corrected chi connectivity index (χ1v) is 9.43. The molecule has 1 heterocycles. The molecule has 0 unspecified atom stereocenters. The van der Waals surface area contributed by atoms with E-state index in [0.29, 0.717) is 5.82 Å². The number of sulfonamides is 1. The molecule has 0 bridgehead atoms. The number of aryl methyl sites for hydroxylation is 1. The Bertz CT molecular complexity index is 973. The number of aromatic nitrogens is 2. The highest BCUT2D eigenvalue weighted by Gasteiger charge is 2.15. The highest BCUT2D eigenvalue weighted by atomic mass is 32.2. The Morgan fingerprint density at radius 3 is 2.08 bits per heavy atom. The second-order valence-electron chi connectivity index (χ2n) is 5.54. The highest BCUT2D eigenvalue weighted by Crippen LogP contribution is 2.18. The Morgan fingerprint density at radius 1 is 0.885 bits per heavy atom. The van der Waals surface area contributed by atoms with Crippen molar-refractivity contribution in [2.24, 2.45) is 0 Å². The van der Waals surface area contributed by atoms with E-state index in [1.54, 1.807) is 6.07 Å². The van der Waals surface area contributed by atoms with Crippen molar-refractivity contribution < 1.29 is 12.8 Å². The van der Waals surface area contributed by atoms with Gasteiger partial charge in [0.2, 0.25) is 0 Å². The van der Waals surface area contributed by atoms with E-state index in [2.05, 4.69) is 27.2 Å². The highest BCUT2D eigenvalue weighted by molar-refractivity contribution is 7.92. The molecule has 0 aliphatic heterocycles. The zero-order valence-corrected chi connectivity index (χ0v) is 14.8. The third-order valence-corrected chi connectivity index (χ3v) is 5.03. The summed E-state index contributed by atoms with van der Waals surface area (Å²) in [5.74, 6) is 0.0475. The first kappa shape index (κ1) is 17.8. The molecule has 0 saturated heterocycles. The fourth-order valence-corrected chi connectivity index (χ4v) is 3.23. The molecular weight excluding hydrogens is 355 g/mol. The van der Waals surface area contributed by atoms with E-state index in [1.807, 2.05) is 24.3 Å². The molecule has 0 fully saturated rings. The minimum atomic E-state index is -3.85. The number of nitrogens with one attached hydrogen (secondary N) is 2. The molecule has 2 N–H and O–H groups in total. The summed E-state index contributed by atoms with van der Waals surface area (Å²) >= 11 is 0. The maximum absolute atomic E-state index is 12.9. The van der Waals surface area contributed by atoms with Crippen LogP contribution in [0.15, 0.2) is 65.6 Å². The standard InChI is InChI=1S/C18H17FN4O2S/c1-2-13-3-7-15(8-4-13)20-17-11-12-18(22-21-17)23-26(24,25)16-9-5-14(19)6-10-16/h3-12H,2H2,1H3,(H,20,21)(H,22,23). The number of anilines is 3. The van der Waals surface area contributed by atoms with Gasteiger partial charge in [-0.05, 0) is 60.5 Å². The van der Waals surface area contributed by atoms with E-state index < -0.39 is 15.8 Å². The van der Waals surface area contributed by atoms with Crippen molar-refractivity contribution in [3.8, 4) is 0 Å². The SMILES string of the molecule is CCc1ccc(Nc2ccc(NS(=O)(=O)c3ccc(F)cc3)nn2)cc1. The maximum atomic E-state index is 12.9. The molecule has 2 aromatic carbocycles. The van der Waals surface area contributed by atoms with Gasteiger partial charge in [0, 0.05) is 5.69 Å².